The molecule has 1 aliphatic heterocycles. The molecule has 0 spiro atoms. The van der Waals surface area contributed by atoms with E-state index in [1.54, 1.807) is 7.05 Å². The molecule has 0 unspecified atom stereocenters. The second-order valence-corrected chi connectivity index (χ2v) is 13.9. The minimum Gasteiger partial charge on any atom is -0.336 e. The number of benzene rings is 1. The van der Waals surface area contributed by atoms with E-state index in [2.05, 4.69) is 5.10 Å². The quantitative estimate of drug-likeness (QED) is 0.501. The molecule has 9 nitrogen and oxygen atoms in total. The van der Waals surface area contributed by atoms with Crippen LogP contribution in [0.2, 0.25) is 0 Å². The maximum absolute atomic E-state index is 14.1. The third kappa shape index (κ3) is 3.91. The molecule has 5 fully saturated rings. The van der Waals surface area contributed by atoms with Crippen LogP contribution in [0.25, 0.3) is 5.69 Å². The topological polar surface area (TPSA) is 93.3 Å². The molecule has 1 saturated heterocycles. The number of para-hydroxylation sites is 1. The highest BCUT2D eigenvalue weighted by atomic mass is 32.2. The van der Waals surface area contributed by atoms with Gasteiger partial charge in [-0.1, -0.05) is 18.2 Å². The Labute approximate surface area is 223 Å². The number of nitrogens with zero attached hydrogens (tertiary/aromatic N) is 6. The summed E-state index contributed by atoms with van der Waals surface area (Å²) < 4.78 is 31.0. The van der Waals surface area contributed by atoms with Crippen LogP contribution in [-0.4, -0.2) is 69.3 Å². The predicted molar refractivity (Wildman–Crippen MR) is 141 cm³/mol. The van der Waals surface area contributed by atoms with Crippen molar-refractivity contribution in [1.29, 1.82) is 0 Å². The number of aryl methyl sites for hydroxylation is 1. The molecule has 4 aliphatic carbocycles. The first-order chi connectivity index (χ1) is 18.3. The van der Waals surface area contributed by atoms with Gasteiger partial charge in [0.05, 0.1) is 23.1 Å². The molecule has 10 heteroatoms. The van der Waals surface area contributed by atoms with E-state index in [0.29, 0.717) is 18.7 Å². The molecule has 4 bridgehead atoms. The summed E-state index contributed by atoms with van der Waals surface area (Å²) in [4.78, 5) is 16.1. The fourth-order valence-corrected chi connectivity index (χ4v) is 9.43. The van der Waals surface area contributed by atoms with E-state index < -0.39 is 10.0 Å². The Morgan fingerprint density at radius 3 is 2.13 bits per heavy atom. The zero-order valence-electron chi connectivity index (χ0n) is 21.7. The highest BCUT2D eigenvalue weighted by Gasteiger charge is 2.54. The average Bonchev–Trinajstić information content (AvgIpc) is 3.56. The Bertz CT molecular complexity index is 1430. The second-order valence-electron chi connectivity index (χ2n) is 11.9. The van der Waals surface area contributed by atoms with E-state index in [4.69, 9.17) is 5.10 Å². The fraction of sp³-hybridized carbons (Fsp3) is 0.536. The Morgan fingerprint density at radius 1 is 0.921 bits per heavy atom. The second kappa shape index (κ2) is 8.77. The predicted octanol–water partition coefficient (Wildman–Crippen LogP) is 3.22. The van der Waals surface area contributed by atoms with Crippen LogP contribution < -0.4 is 0 Å². The number of rotatable bonds is 5. The lowest BCUT2D eigenvalue weighted by Gasteiger charge is -2.56. The van der Waals surface area contributed by atoms with Crippen molar-refractivity contribution in [2.75, 3.05) is 26.2 Å². The Morgan fingerprint density at radius 2 is 1.55 bits per heavy atom. The molecule has 3 aromatic rings. The molecule has 1 amide bonds. The van der Waals surface area contributed by atoms with Crippen molar-refractivity contribution in [3.05, 3.63) is 60.2 Å². The van der Waals surface area contributed by atoms with Crippen LogP contribution >= 0.6 is 0 Å². The van der Waals surface area contributed by atoms with Gasteiger partial charge in [-0.3, -0.25) is 9.48 Å². The average molecular weight is 535 g/mol. The van der Waals surface area contributed by atoms with Gasteiger partial charge in [0.15, 0.2) is 0 Å². The van der Waals surface area contributed by atoms with Crippen molar-refractivity contribution in [2.24, 2.45) is 24.8 Å². The maximum Gasteiger partial charge on any atom is 0.257 e. The minimum atomic E-state index is -3.63. The van der Waals surface area contributed by atoms with Crippen molar-refractivity contribution in [3.8, 4) is 5.69 Å². The van der Waals surface area contributed by atoms with Crippen molar-refractivity contribution in [3.63, 3.8) is 0 Å². The normalized spacial score (nSPS) is 29.2. The molecule has 200 valence electrons. The van der Waals surface area contributed by atoms with Gasteiger partial charge < -0.3 is 4.90 Å². The SMILES string of the molecule is Cn1cc(S(=O)(=O)N2CCN(C(=O)c3cn(-c4ccccc4)nc3C34CC5CC(CC(C5)C3)C4)CC2)cn1. The Hall–Kier alpha value is -2.98. The zero-order valence-corrected chi connectivity index (χ0v) is 22.6. The van der Waals surface area contributed by atoms with Gasteiger partial charge >= 0.3 is 0 Å². The van der Waals surface area contributed by atoms with Crippen LogP contribution in [0.5, 0.6) is 0 Å². The Kier molecular flexibility index (Phi) is 5.56. The van der Waals surface area contributed by atoms with Crippen molar-refractivity contribution in [1.82, 2.24) is 28.8 Å². The summed E-state index contributed by atoms with van der Waals surface area (Å²) in [6.07, 6.45) is 12.2. The van der Waals surface area contributed by atoms with Gasteiger partial charge in [-0.05, 0) is 68.4 Å². The first-order valence-electron chi connectivity index (χ1n) is 13.7. The fourth-order valence-electron chi connectivity index (χ4n) is 8.02. The van der Waals surface area contributed by atoms with Crippen LogP contribution in [0.3, 0.4) is 0 Å². The molecule has 0 atom stereocenters. The summed E-state index contributed by atoms with van der Waals surface area (Å²) in [5, 5.41) is 9.15. The summed E-state index contributed by atoms with van der Waals surface area (Å²) in [5.74, 6) is 2.20. The van der Waals surface area contributed by atoms with Gasteiger partial charge in [0.25, 0.3) is 5.91 Å². The number of amides is 1. The molecular formula is C28H34N6O3S. The third-order valence-electron chi connectivity index (χ3n) is 9.35. The van der Waals surface area contributed by atoms with E-state index in [1.807, 2.05) is 46.1 Å². The number of aromatic nitrogens is 4. The van der Waals surface area contributed by atoms with E-state index in [9.17, 15) is 13.2 Å². The molecule has 4 saturated carbocycles. The lowest BCUT2D eigenvalue weighted by molar-refractivity contribution is -0.00789. The van der Waals surface area contributed by atoms with E-state index in [1.165, 1.54) is 40.6 Å². The molecule has 8 rings (SSSR count). The van der Waals surface area contributed by atoms with Crippen molar-refractivity contribution in [2.45, 2.75) is 48.8 Å². The van der Waals surface area contributed by atoms with E-state index in [-0.39, 0.29) is 29.3 Å². The number of hydrogen-bond donors (Lipinski definition) is 0. The van der Waals surface area contributed by atoms with Crippen LogP contribution in [0.4, 0.5) is 0 Å². The van der Waals surface area contributed by atoms with E-state index >= 15 is 0 Å². The number of carbonyl (C=O) groups is 1. The summed E-state index contributed by atoms with van der Waals surface area (Å²) in [7, 11) is -1.93. The summed E-state index contributed by atoms with van der Waals surface area (Å²) in [6, 6.07) is 10.0. The van der Waals surface area contributed by atoms with Crippen LogP contribution in [0.1, 0.15) is 54.6 Å². The van der Waals surface area contributed by atoms with Gasteiger partial charge in [-0.15, -0.1) is 0 Å². The zero-order chi connectivity index (χ0) is 26.1. The van der Waals surface area contributed by atoms with Crippen molar-refractivity contribution >= 4 is 15.9 Å². The first kappa shape index (κ1) is 24.1. The Balaban J connectivity index is 1.18. The molecule has 3 heterocycles. The monoisotopic (exact) mass is 534 g/mol. The summed E-state index contributed by atoms with van der Waals surface area (Å²) in [6.45, 7) is 1.25. The molecule has 5 aliphatic rings. The molecule has 0 N–H and O–H groups in total. The standard InChI is InChI=1S/C28H34N6O3S/c1-31-18-24(17-29-31)38(36,37)33-9-7-32(8-10-33)27(35)25-19-34(23-5-3-2-4-6-23)30-26(25)28-14-20-11-21(15-28)13-22(12-20)16-28/h2-6,17-22H,7-16H2,1H3. The lowest BCUT2D eigenvalue weighted by Crippen LogP contribution is -2.52. The van der Waals surface area contributed by atoms with Gasteiger partial charge in [0.1, 0.15) is 4.90 Å². The van der Waals surface area contributed by atoms with E-state index in [0.717, 1.165) is 48.4 Å². The van der Waals surface area contributed by atoms with Gasteiger partial charge in [0, 0.05) is 51.0 Å². The van der Waals surface area contributed by atoms with Gasteiger partial charge in [-0.2, -0.15) is 14.5 Å². The summed E-state index contributed by atoms with van der Waals surface area (Å²) >= 11 is 0. The molecule has 38 heavy (non-hydrogen) atoms. The highest BCUT2D eigenvalue weighted by molar-refractivity contribution is 7.89. The van der Waals surface area contributed by atoms with Gasteiger partial charge in [0.2, 0.25) is 10.0 Å². The lowest BCUT2D eigenvalue weighted by atomic mass is 9.48. The van der Waals surface area contributed by atoms with Gasteiger partial charge in [-0.25, -0.2) is 13.1 Å². The third-order valence-corrected chi connectivity index (χ3v) is 11.2. The molecular weight excluding hydrogens is 500 g/mol. The number of piperazine rings is 1. The smallest absolute Gasteiger partial charge is 0.257 e. The highest BCUT2D eigenvalue weighted by Crippen LogP contribution is 2.61. The molecule has 0 radical (unpaired) electrons. The molecule has 1 aromatic carbocycles. The molecule has 2 aromatic heterocycles. The number of sulfonamides is 1. The first-order valence-corrected chi connectivity index (χ1v) is 15.2. The van der Waals surface area contributed by atoms with Crippen molar-refractivity contribution < 1.29 is 13.2 Å². The maximum atomic E-state index is 14.1. The number of hydrogen-bond acceptors (Lipinski definition) is 5. The van der Waals surface area contributed by atoms with Crippen LogP contribution in [0.15, 0.2) is 53.8 Å². The van der Waals surface area contributed by atoms with Crippen LogP contribution in [-0.2, 0) is 22.5 Å². The largest absolute Gasteiger partial charge is 0.336 e. The minimum absolute atomic E-state index is 0.0226. The van der Waals surface area contributed by atoms with Crippen LogP contribution in [0, 0.1) is 17.8 Å². The summed E-state index contributed by atoms with van der Waals surface area (Å²) in [5.41, 5.74) is 2.59. The number of carbonyl (C=O) groups excluding carboxylic acids is 1.